The number of nitrogens with one attached hydrogen (secondary N) is 1. The Labute approximate surface area is 280 Å². The van der Waals surface area contributed by atoms with Gasteiger partial charge in [-0.2, -0.15) is 0 Å². The molecule has 0 bridgehead atoms. The second-order valence-electron chi connectivity index (χ2n) is 11.1. The van der Waals surface area contributed by atoms with Crippen LogP contribution in [0, 0.1) is 12.7 Å². The number of carbonyl (C=O) groups is 2. The topological polar surface area (TPSA) is 86.8 Å². The maximum atomic E-state index is 15.3. The fourth-order valence-corrected chi connectivity index (χ4v) is 6.72. The molecule has 0 saturated heterocycles. The minimum absolute atomic E-state index is 0.114. The van der Waals surface area contributed by atoms with E-state index < -0.39 is 40.2 Å². The molecule has 0 fully saturated rings. The molecule has 0 heterocycles. The summed E-state index contributed by atoms with van der Waals surface area (Å²) in [4.78, 5) is 29.6. The molecule has 0 aromatic heterocycles. The minimum Gasteiger partial charge on any atom is -0.352 e. The third-order valence-corrected chi connectivity index (χ3v) is 10.00. The largest absolute Gasteiger partial charge is 0.352 e. The average Bonchev–Trinajstić information content (AvgIpc) is 3.03. The van der Waals surface area contributed by atoms with Gasteiger partial charge in [-0.1, -0.05) is 96.4 Å². The number of hydrogen-bond donors (Lipinski definition) is 1. The summed E-state index contributed by atoms with van der Waals surface area (Å²) in [6.45, 7) is 4.66. The number of carbonyl (C=O) groups excluding carboxylic acids is 2. The first kappa shape index (κ1) is 34.9. The molecule has 0 aliphatic carbocycles. The Hall–Kier alpha value is -3.92. The lowest BCUT2D eigenvalue weighted by molar-refractivity contribution is -0.140. The Bertz CT molecular complexity index is 1770. The van der Waals surface area contributed by atoms with Crippen molar-refractivity contribution in [1.82, 2.24) is 10.2 Å². The standard InChI is InChI=1S/C35H36Cl2FN3O4S/c1-4-25(3)39-35(43)33(20-26-10-6-5-7-11-26)40(22-27-16-17-28(36)21-30(27)37)34(42)23-41(32-13-9-8-12-31(32)38)46(44,45)29-18-14-24(2)15-19-29/h5-19,21,25,33H,4,20,22-23H2,1-3H3,(H,39,43). The molecule has 46 heavy (non-hydrogen) atoms. The van der Waals surface area contributed by atoms with Crippen LogP contribution in [0.4, 0.5) is 10.1 Å². The zero-order chi connectivity index (χ0) is 33.4. The van der Waals surface area contributed by atoms with E-state index in [1.807, 2.05) is 51.1 Å². The van der Waals surface area contributed by atoms with Crippen molar-refractivity contribution >= 4 is 50.7 Å². The summed E-state index contributed by atoms with van der Waals surface area (Å²) >= 11 is 12.7. The molecule has 0 spiro atoms. The molecule has 0 radical (unpaired) electrons. The van der Waals surface area contributed by atoms with Gasteiger partial charge in [-0.15, -0.1) is 0 Å². The summed E-state index contributed by atoms with van der Waals surface area (Å²) in [5.41, 5.74) is 1.80. The lowest BCUT2D eigenvalue weighted by Gasteiger charge is -2.34. The number of anilines is 1. The van der Waals surface area contributed by atoms with Crippen LogP contribution in [-0.4, -0.2) is 43.8 Å². The number of halogens is 3. The first-order valence-corrected chi connectivity index (χ1v) is 17.0. The van der Waals surface area contributed by atoms with Gasteiger partial charge in [-0.25, -0.2) is 12.8 Å². The highest BCUT2D eigenvalue weighted by Gasteiger charge is 2.36. The van der Waals surface area contributed by atoms with Gasteiger partial charge in [0, 0.05) is 29.1 Å². The number of sulfonamides is 1. The van der Waals surface area contributed by atoms with Crippen LogP contribution in [0.3, 0.4) is 0 Å². The maximum Gasteiger partial charge on any atom is 0.264 e. The number of benzene rings is 4. The van der Waals surface area contributed by atoms with Crippen molar-refractivity contribution in [2.75, 3.05) is 10.8 Å². The Morgan fingerprint density at radius 3 is 2.20 bits per heavy atom. The molecule has 0 aliphatic rings. The van der Waals surface area contributed by atoms with Crippen molar-refractivity contribution in [3.63, 3.8) is 0 Å². The van der Waals surface area contributed by atoms with E-state index in [1.54, 1.807) is 24.3 Å². The van der Waals surface area contributed by atoms with Crippen molar-refractivity contribution in [2.45, 2.75) is 57.1 Å². The Morgan fingerprint density at radius 2 is 1.57 bits per heavy atom. The third-order valence-electron chi connectivity index (χ3n) is 7.64. The van der Waals surface area contributed by atoms with Gasteiger partial charge >= 0.3 is 0 Å². The average molecular weight is 685 g/mol. The number of rotatable bonds is 13. The molecule has 2 unspecified atom stereocenters. The lowest BCUT2D eigenvalue weighted by atomic mass is 10.0. The van der Waals surface area contributed by atoms with Crippen LogP contribution in [0.25, 0.3) is 0 Å². The van der Waals surface area contributed by atoms with Crippen molar-refractivity contribution in [3.8, 4) is 0 Å². The maximum absolute atomic E-state index is 15.3. The molecule has 7 nitrogen and oxygen atoms in total. The Morgan fingerprint density at radius 1 is 0.913 bits per heavy atom. The zero-order valence-corrected chi connectivity index (χ0v) is 28.1. The molecule has 242 valence electrons. The van der Waals surface area contributed by atoms with Gasteiger partial charge in [0.15, 0.2) is 0 Å². The van der Waals surface area contributed by atoms with Gasteiger partial charge in [0.05, 0.1) is 10.6 Å². The van der Waals surface area contributed by atoms with Crippen LogP contribution < -0.4 is 9.62 Å². The van der Waals surface area contributed by atoms with E-state index in [0.29, 0.717) is 17.0 Å². The molecule has 0 aliphatic heterocycles. The SMILES string of the molecule is CCC(C)NC(=O)C(Cc1ccccc1)N(Cc1ccc(Cl)cc1Cl)C(=O)CN(c1ccccc1F)S(=O)(=O)c1ccc(C)cc1. The molecule has 1 N–H and O–H groups in total. The number of hydrogen-bond acceptors (Lipinski definition) is 4. The summed E-state index contributed by atoms with van der Waals surface area (Å²) in [6, 6.07) is 24.1. The van der Waals surface area contributed by atoms with Crippen LogP contribution in [0.15, 0.2) is 102 Å². The summed E-state index contributed by atoms with van der Waals surface area (Å²) in [5.74, 6) is -1.98. The summed E-state index contributed by atoms with van der Waals surface area (Å²) in [5, 5.41) is 3.63. The normalized spacial score (nSPS) is 12.7. The van der Waals surface area contributed by atoms with Gasteiger partial charge in [-0.3, -0.25) is 13.9 Å². The van der Waals surface area contributed by atoms with Crippen molar-refractivity contribution < 1.29 is 22.4 Å². The molecule has 11 heteroatoms. The smallest absolute Gasteiger partial charge is 0.264 e. The molecule has 2 atom stereocenters. The highest BCUT2D eigenvalue weighted by atomic mass is 35.5. The monoisotopic (exact) mass is 683 g/mol. The summed E-state index contributed by atoms with van der Waals surface area (Å²) < 4.78 is 44.1. The number of aryl methyl sites for hydroxylation is 1. The fraction of sp³-hybridized carbons (Fsp3) is 0.257. The van der Waals surface area contributed by atoms with E-state index in [0.717, 1.165) is 21.5 Å². The second kappa shape index (κ2) is 15.6. The lowest BCUT2D eigenvalue weighted by Crippen LogP contribution is -2.54. The zero-order valence-electron chi connectivity index (χ0n) is 25.8. The molecular formula is C35H36Cl2FN3O4S. The first-order chi connectivity index (χ1) is 21.9. The van der Waals surface area contributed by atoms with Gasteiger partial charge in [0.1, 0.15) is 18.4 Å². The third kappa shape index (κ3) is 8.66. The molecule has 0 saturated carbocycles. The van der Waals surface area contributed by atoms with E-state index in [4.69, 9.17) is 23.2 Å². The Balaban J connectivity index is 1.84. The van der Waals surface area contributed by atoms with E-state index in [2.05, 4.69) is 5.32 Å². The molecule has 4 aromatic carbocycles. The van der Waals surface area contributed by atoms with E-state index >= 15 is 4.39 Å². The molecule has 4 aromatic rings. The number of amides is 2. The van der Waals surface area contributed by atoms with Gasteiger partial charge in [0.2, 0.25) is 11.8 Å². The van der Waals surface area contributed by atoms with E-state index in [1.165, 1.54) is 41.3 Å². The Kier molecular flexibility index (Phi) is 11.8. The second-order valence-corrected chi connectivity index (χ2v) is 13.8. The predicted octanol–water partition coefficient (Wildman–Crippen LogP) is 7.19. The van der Waals surface area contributed by atoms with Crippen molar-refractivity contribution in [1.29, 1.82) is 0 Å². The summed E-state index contributed by atoms with van der Waals surface area (Å²) in [6.07, 6.45) is 0.779. The van der Waals surface area contributed by atoms with E-state index in [-0.39, 0.29) is 34.6 Å². The highest BCUT2D eigenvalue weighted by Crippen LogP contribution is 2.29. The van der Waals surface area contributed by atoms with Gasteiger partial charge in [0.25, 0.3) is 10.0 Å². The van der Waals surface area contributed by atoms with Gasteiger partial charge in [-0.05, 0) is 67.8 Å². The van der Waals surface area contributed by atoms with Crippen molar-refractivity contribution in [3.05, 3.63) is 130 Å². The quantitative estimate of drug-likeness (QED) is 0.162. The van der Waals surface area contributed by atoms with Crippen LogP contribution in [0.1, 0.15) is 37.0 Å². The van der Waals surface area contributed by atoms with Gasteiger partial charge < -0.3 is 10.2 Å². The number of nitrogens with zero attached hydrogens (tertiary/aromatic N) is 2. The highest BCUT2D eigenvalue weighted by molar-refractivity contribution is 7.92. The van der Waals surface area contributed by atoms with Crippen LogP contribution >= 0.6 is 23.2 Å². The molecule has 4 rings (SSSR count). The molecule has 2 amide bonds. The molecular weight excluding hydrogens is 648 g/mol. The van der Waals surface area contributed by atoms with Crippen molar-refractivity contribution in [2.24, 2.45) is 0 Å². The fourth-order valence-electron chi connectivity index (χ4n) is 4.83. The van der Waals surface area contributed by atoms with E-state index in [9.17, 15) is 18.0 Å². The van der Waals surface area contributed by atoms with Crippen LogP contribution in [0.5, 0.6) is 0 Å². The number of para-hydroxylation sites is 1. The first-order valence-electron chi connectivity index (χ1n) is 14.8. The minimum atomic E-state index is -4.43. The summed E-state index contributed by atoms with van der Waals surface area (Å²) in [7, 11) is -4.43. The van der Waals surface area contributed by atoms with Crippen LogP contribution in [-0.2, 0) is 32.6 Å². The van der Waals surface area contributed by atoms with Crippen LogP contribution in [0.2, 0.25) is 10.0 Å². The predicted molar refractivity (Wildman–Crippen MR) is 181 cm³/mol.